The van der Waals surface area contributed by atoms with Gasteiger partial charge in [0, 0.05) is 6.08 Å². The third-order valence-corrected chi connectivity index (χ3v) is 4.13. The number of aliphatic carboxylic acids is 1. The molecule has 1 aromatic rings. The molecule has 0 amide bonds. The van der Waals surface area contributed by atoms with Gasteiger partial charge >= 0.3 is 5.97 Å². The van der Waals surface area contributed by atoms with Crippen LogP contribution in [0, 0.1) is 19.8 Å². The van der Waals surface area contributed by atoms with E-state index in [0.29, 0.717) is 5.92 Å². The molecule has 0 saturated heterocycles. The lowest BCUT2D eigenvalue weighted by atomic mass is 9.92. The summed E-state index contributed by atoms with van der Waals surface area (Å²) in [4.78, 5) is 10.6. The number of carboxylic acid groups (broad SMARTS) is 1. The molecule has 2 rings (SSSR count). The van der Waals surface area contributed by atoms with Crippen LogP contribution in [0.3, 0.4) is 0 Å². The summed E-state index contributed by atoms with van der Waals surface area (Å²) in [6, 6.07) is 6.72. The Bertz CT molecular complexity index is 575. The van der Waals surface area contributed by atoms with Gasteiger partial charge in [-0.3, -0.25) is 0 Å². The van der Waals surface area contributed by atoms with Crippen LogP contribution in [0.2, 0.25) is 0 Å². The first kappa shape index (κ1) is 14.6. The normalized spacial score (nSPS) is 26.0. The fraction of sp³-hybridized carbons (Fsp3) is 0.389. The molecular formula is C18H22O2. The van der Waals surface area contributed by atoms with Gasteiger partial charge in [0.15, 0.2) is 0 Å². The lowest BCUT2D eigenvalue weighted by Crippen LogP contribution is -2.04. The van der Waals surface area contributed by atoms with E-state index >= 15 is 0 Å². The van der Waals surface area contributed by atoms with Gasteiger partial charge in [-0.25, -0.2) is 4.79 Å². The number of benzene rings is 1. The van der Waals surface area contributed by atoms with Gasteiger partial charge in [0.1, 0.15) is 0 Å². The average molecular weight is 270 g/mol. The number of carboxylic acids is 1. The Morgan fingerprint density at radius 3 is 2.45 bits per heavy atom. The monoisotopic (exact) mass is 270 g/mol. The van der Waals surface area contributed by atoms with Crippen molar-refractivity contribution >= 4 is 5.97 Å². The zero-order chi connectivity index (χ0) is 14.9. The second kappa shape index (κ2) is 5.28. The van der Waals surface area contributed by atoms with Crippen molar-refractivity contribution in [1.29, 1.82) is 0 Å². The summed E-state index contributed by atoms with van der Waals surface area (Å²) in [5.41, 5.74) is 4.99. The van der Waals surface area contributed by atoms with Crippen molar-refractivity contribution < 1.29 is 9.90 Å². The van der Waals surface area contributed by atoms with E-state index in [1.807, 2.05) is 13.0 Å². The molecule has 0 aromatic heterocycles. The number of hydrogen-bond donors (Lipinski definition) is 1. The maximum Gasteiger partial charge on any atom is 0.328 e. The molecular weight excluding hydrogens is 248 g/mol. The van der Waals surface area contributed by atoms with E-state index in [-0.39, 0.29) is 5.41 Å². The van der Waals surface area contributed by atoms with E-state index in [4.69, 9.17) is 5.11 Å². The predicted octanol–water partition coefficient (Wildman–Crippen LogP) is 4.17. The maximum absolute atomic E-state index is 10.6. The highest BCUT2D eigenvalue weighted by Gasteiger charge is 2.49. The van der Waals surface area contributed by atoms with Crippen LogP contribution in [0.15, 0.2) is 42.0 Å². The summed E-state index contributed by atoms with van der Waals surface area (Å²) in [6.07, 6.45) is 6.44. The molecule has 0 aliphatic heterocycles. The summed E-state index contributed by atoms with van der Waals surface area (Å²) in [5, 5.41) is 8.70. The van der Waals surface area contributed by atoms with E-state index in [0.717, 1.165) is 12.0 Å². The van der Waals surface area contributed by atoms with Gasteiger partial charge in [-0.1, -0.05) is 48.4 Å². The first-order valence-corrected chi connectivity index (χ1v) is 6.99. The lowest BCUT2D eigenvalue weighted by molar-refractivity contribution is -0.131. The highest BCUT2D eigenvalue weighted by Crippen LogP contribution is 2.55. The smallest absolute Gasteiger partial charge is 0.328 e. The van der Waals surface area contributed by atoms with Gasteiger partial charge in [-0.05, 0) is 49.7 Å². The Morgan fingerprint density at radius 1 is 1.30 bits per heavy atom. The van der Waals surface area contributed by atoms with Crippen LogP contribution < -0.4 is 0 Å². The van der Waals surface area contributed by atoms with E-state index in [1.165, 1.54) is 22.8 Å². The molecule has 0 radical (unpaired) electrons. The molecule has 1 aliphatic carbocycles. The third-order valence-electron chi connectivity index (χ3n) is 4.13. The molecule has 1 unspecified atom stereocenters. The van der Waals surface area contributed by atoms with Crippen molar-refractivity contribution in [3.05, 3.63) is 58.7 Å². The van der Waals surface area contributed by atoms with E-state index in [9.17, 15) is 4.79 Å². The molecule has 1 fully saturated rings. The average Bonchev–Trinajstić information content (AvgIpc) is 2.97. The predicted molar refractivity (Wildman–Crippen MR) is 81.9 cm³/mol. The quantitative estimate of drug-likeness (QED) is 0.658. The summed E-state index contributed by atoms with van der Waals surface area (Å²) in [7, 11) is 0. The molecule has 0 spiro atoms. The van der Waals surface area contributed by atoms with Crippen molar-refractivity contribution in [2.75, 3.05) is 0 Å². The molecule has 1 saturated carbocycles. The SMILES string of the molecule is CC(/C=C/C1C[C@]1(C)c1cc(C)cc(C)c1)=C\C(=O)O. The van der Waals surface area contributed by atoms with Gasteiger partial charge in [-0.15, -0.1) is 0 Å². The second-order valence-electron chi connectivity index (χ2n) is 6.19. The number of hydrogen-bond acceptors (Lipinski definition) is 1. The number of allylic oxidation sites excluding steroid dienone is 3. The van der Waals surface area contributed by atoms with E-state index < -0.39 is 5.97 Å². The number of carbonyl (C=O) groups is 1. The van der Waals surface area contributed by atoms with Crippen LogP contribution in [0.5, 0.6) is 0 Å². The van der Waals surface area contributed by atoms with Crippen LogP contribution in [0.4, 0.5) is 0 Å². The molecule has 0 heterocycles. The molecule has 0 bridgehead atoms. The van der Waals surface area contributed by atoms with Crippen LogP contribution in [0.25, 0.3) is 0 Å². The summed E-state index contributed by atoms with van der Waals surface area (Å²) < 4.78 is 0. The summed E-state index contributed by atoms with van der Waals surface area (Å²) >= 11 is 0. The largest absolute Gasteiger partial charge is 0.478 e. The van der Waals surface area contributed by atoms with Gasteiger partial charge in [0.05, 0.1) is 0 Å². The van der Waals surface area contributed by atoms with Gasteiger partial charge in [0.2, 0.25) is 0 Å². The lowest BCUT2D eigenvalue weighted by Gasteiger charge is -2.12. The fourth-order valence-corrected chi connectivity index (χ4v) is 2.83. The van der Waals surface area contributed by atoms with Gasteiger partial charge in [-0.2, -0.15) is 0 Å². The fourth-order valence-electron chi connectivity index (χ4n) is 2.83. The molecule has 2 heteroatoms. The number of rotatable bonds is 4. The Labute approximate surface area is 120 Å². The molecule has 1 aromatic carbocycles. The topological polar surface area (TPSA) is 37.3 Å². The minimum Gasteiger partial charge on any atom is -0.478 e. The highest BCUT2D eigenvalue weighted by atomic mass is 16.4. The summed E-state index contributed by atoms with van der Waals surface area (Å²) in [5.74, 6) is -0.388. The molecule has 20 heavy (non-hydrogen) atoms. The standard InChI is InChI=1S/C18H22O2/c1-12(10-17(19)20)5-6-15-11-18(15,4)16-8-13(2)7-14(3)9-16/h5-10,15H,11H2,1-4H3,(H,19,20)/b6-5+,12-10+/t15?,18-/m0/s1. The zero-order valence-corrected chi connectivity index (χ0v) is 12.6. The Hall–Kier alpha value is -1.83. The minimum absolute atomic E-state index is 0.205. The Kier molecular flexibility index (Phi) is 3.85. The van der Waals surface area contributed by atoms with Crippen molar-refractivity contribution in [1.82, 2.24) is 0 Å². The zero-order valence-electron chi connectivity index (χ0n) is 12.6. The van der Waals surface area contributed by atoms with Crippen molar-refractivity contribution in [3.63, 3.8) is 0 Å². The van der Waals surface area contributed by atoms with Crippen LogP contribution in [-0.4, -0.2) is 11.1 Å². The minimum atomic E-state index is -0.889. The van der Waals surface area contributed by atoms with Crippen molar-refractivity contribution in [3.8, 4) is 0 Å². The molecule has 2 atom stereocenters. The van der Waals surface area contributed by atoms with Crippen LogP contribution in [-0.2, 0) is 10.2 Å². The molecule has 1 aliphatic rings. The molecule has 106 valence electrons. The van der Waals surface area contributed by atoms with Crippen LogP contribution in [0.1, 0.15) is 37.0 Å². The molecule has 1 N–H and O–H groups in total. The van der Waals surface area contributed by atoms with Crippen molar-refractivity contribution in [2.45, 2.75) is 39.5 Å². The van der Waals surface area contributed by atoms with E-state index in [1.54, 1.807) is 0 Å². The van der Waals surface area contributed by atoms with Crippen molar-refractivity contribution in [2.24, 2.45) is 5.92 Å². The van der Waals surface area contributed by atoms with Gasteiger partial charge in [0.25, 0.3) is 0 Å². The maximum atomic E-state index is 10.6. The first-order chi connectivity index (χ1) is 9.31. The molecule has 2 nitrogen and oxygen atoms in total. The second-order valence-corrected chi connectivity index (χ2v) is 6.19. The Morgan fingerprint density at radius 2 is 1.90 bits per heavy atom. The highest BCUT2D eigenvalue weighted by molar-refractivity contribution is 5.81. The van der Waals surface area contributed by atoms with Crippen LogP contribution >= 0.6 is 0 Å². The van der Waals surface area contributed by atoms with E-state index in [2.05, 4.69) is 45.0 Å². The first-order valence-electron chi connectivity index (χ1n) is 6.99. The third kappa shape index (κ3) is 3.19. The summed E-state index contributed by atoms with van der Waals surface area (Å²) in [6.45, 7) is 8.37. The number of aryl methyl sites for hydroxylation is 2. The van der Waals surface area contributed by atoms with Gasteiger partial charge < -0.3 is 5.11 Å². The Balaban J connectivity index is 2.13.